The van der Waals surface area contributed by atoms with Gasteiger partial charge in [-0.15, -0.1) is 0 Å². The maximum atomic E-state index is 12.3. The van der Waals surface area contributed by atoms with Crippen LogP contribution in [0.2, 0.25) is 0 Å². The molecule has 1 heterocycles. The van der Waals surface area contributed by atoms with Crippen LogP contribution >= 0.6 is 11.6 Å². The third kappa shape index (κ3) is 4.16. The molecule has 6 nitrogen and oxygen atoms in total. The van der Waals surface area contributed by atoms with E-state index in [0.29, 0.717) is 22.7 Å². The Labute approximate surface area is 156 Å². The highest BCUT2D eigenvalue weighted by molar-refractivity contribution is 6.31. The van der Waals surface area contributed by atoms with E-state index in [9.17, 15) is 9.90 Å². The summed E-state index contributed by atoms with van der Waals surface area (Å²) in [7, 11) is 0. The van der Waals surface area contributed by atoms with Crippen LogP contribution in [0.15, 0.2) is 70.7 Å². The fraction of sp³-hybridized carbons (Fsp3) is 0.211. The average molecular weight is 375 g/mol. The Morgan fingerprint density at radius 2 is 2.19 bits per heavy atom. The van der Waals surface area contributed by atoms with Crippen LogP contribution in [0.1, 0.15) is 16.8 Å². The fourth-order valence-corrected chi connectivity index (χ4v) is 2.81. The molecule has 1 aromatic carbocycles. The van der Waals surface area contributed by atoms with E-state index in [1.165, 1.54) is 0 Å². The van der Waals surface area contributed by atoms with Gasteiger partial charge >= 0.3 is 5.97 Å². The molecule has 7 heteroatoms. The Morgan fingerprint density at radius 3 is 3.00 bits per heavy atom. The molecule has 1 aromatic rings. The molecule has 0 fully saturated rings. The number of esters is 1. The second kappa shape index (κ2) is 8.23. The molecule has 0 amide bonds. The first-order valence-electron chi connectivity index (χ1n) is 8.14. The summed E-state index contributed by atoms with van der Waals surface area (Å²) in [5.41, 5.74) is 3.73. The van der Waals surface area contributed by atoms with Crippen LogP contribution in [-0.2, 0) is 4.74 Å². The van der Waals surface area contributed by atoms with Crippen LogP contribution in [0.25, 0.3) is 0 Å². The number of ether oxygens (including phenoxy) is 1. The second-order valence-corrected chi connectivity index (χ2v) is 6.26. The summed E-state index contributed by atoms with van der Waals surface area (Å²) in [6.07, 6.45) is 7.02. The molecular formula is C19H19ClN2O4. The minimum absolute atomic E-state index is 0.266. The number of rotatable bonds is 6. The van der Waals surface area contributed by atoms with E-state index in [4.69, 9.17) is 21.4 Å². The van der Waals surface area contributed by atoms with E-state index in [1.54, 1.807) is 24.4 Å². The van der Waals surface area contributed by atoms with Crippen molar-refractivity contribution in [2.24, 2.45) is 0 Å². The van der Waals surface area contributed by atoms with Gasteiger partial charge in [0.05, 0.1) is 17.9 Å². The van der Waals surface area contributed by atoms with Crippen LogP contribution in [0.3, 0.4) is 0 Å². The van der Waals surface area contributed by atoms with Gasteiger partial charge in [-0.2, -0.15) is 0 Å². The zero-order valence-corrected chi connectivity index (χ0v) is 14.7. The van der Waals surface area contributed by atoms with Crippen LogP contribution < -0.4 is 10.6 Å². The number of fused-ring (bicyclic) bond motifs is 1. The van der Waals surface area contributed by atoms with E-state index in [0.717, 1.165) is 17.0 Å². The van der Waals surface area contributed by atoms with Gasteiger partial charge in [0.2, 0.25) is 0 Å². The number of hydrogen-bond donors (Lipinski definition) is 4. The molecule has 1 atom stereocenters. The van der Waals surface area contributed by atoms with E-state index in [2.05, 4.69) is 10.6 Å². The van der Waals surface area contributed by atoms with Crippen molar-refractivity contribution in [3.63, 3.8) is 0 Å². The van der Waals surface area contributed by atoms with Crippen LogP contribution in [0, 0.1) is 0 Å². The maximum absolute atomic E-state index is 12.3. The number of aliphatic hydroxyl groups is 2. The number of allylic oxidation sites excluding steroid dienone is 5. The number of benzene rings is 1. The third-order valence-corrected chi connectivity index (χ3v) is 4.22. The van der Waals surface area contributed by atoms with Crippen LogP contribution in [0.4, 0.5) is 5.69 Å². The minimum atomic E-state index is -1.09. The molecule has 0 bridgehead atoms. The smallest absolute Gasteiger partial charge is 0.340 e. The molecule has 0 aromatic heterocycles. The summed E-state index contributed by atoms with van der Waals surface area (Å²) < 4.78 is 5.06. The molecule has 0 unspecified atom stereocenters. The topological polar surface area (TPSA) is 90.8 Å². The molecule has 0 saturated heterocycles. The largest absolute Gasteiger partial charge is 0.459 e. The number of dihydropyridines is 1. The lowest BCUT2D eigenvalue weighted by Crippen LogP contribution is -2.22. The number of para-hydroxylation sites is 1. The van der Waals surface area contributed by atoms with Gasteiger partial charge in [0, 0.05) is 28.2 Å². The van der Waals surface area contributed by atoms with Gasteiger partial charge in [-0.3, -0.25) is 0 Å². The summed E-state index contributed by atoms with van der Waals surface area (Å²) in [6, 6.07) is 6.96. The SMILES string of the molecule is O=C(OC[C@@H](O)CO)c1ccccc1NC1=C2CC=C(Cl)C=C2NC=C1. The third-order valence-electron chi connectivity index (χ3n) is 3.96. The molecule has 3 rings (SSSR count). The maximum Gasteiger partial charge on any atom is 0.340 e. The monoisotopic (exact) mass is 374 g/mol. The van der Waals surface area contributed by atoms with Crippen molar-refractivity contribution >= 4 is 23.3 Å². The number of hydrogen-bond acceptors (Lipinski definition) is 6. The van der Waals surface area contributed by atoms with Gasteiger partial charge in [0.15, 0.2) is 0 Å². The fourth-order valence-electron chi connectivity index (χ4n) is 2.63. The molecule has 0 saturated carbocycles. The Morgan fingerprint density at radius 1 is 1.38 bits per heavy atom. The molecule has 4 N–H and O–H groups in total. The van der Waals surface area contributed by atoms with Crippen LogP contribution in [-0.4, -0.2) is 35.5 Å². The van der Waals surface area contributed by atoms with Gasteiger partial charge in [0.25, 0.3) is 0 Å². The van der Waals surface area contributed by atoms with Crippen molar-refractivity contribution in [2.75, 3.05) is 18.5 Å². The second-order valence-electron chi connectivity index (χ2n) is 5.83. The lowest BCUT2D eigenvalue weighted by molar-refractivity contribution is 0.00941. The number of anilines is 1. The minimum Gasteiger partial charge on any atom is -0.459 e. The molecule has 0 radical (unpaired) electrons. The Balaban J connectivity index is 1.82. The van der Waals surface area contributed by atoms with Gasteiger partial charge in [-0.25, -0.2) is 4.79 Å². The highest BCUT2D eigenvalue weighted by Gasteiger charge is 2.19. The Kier molecular flexibility index (Phi) is 5.78. The van der Waals surface area contributed by atoms with Gasteiger partial charge in [0.1, 0.15) is 12.7 Å². The highest BCUT2D eigenvalue weighted by Crippen LogP contribution is 2.30. The first-order chi connectivity index (χ1) is 12.6. The van der Waals surface area contributed by atoms with Crippen molar-refractivity contribution in [1.29, 1.82) is 0 Å². The summed E-state index contributed by atoms with van der Waals surface area (Å²) in [5, 5.41) is 25.3. The summed E-state index contributed by atoms with van der Waals surface area (Å²) >= 11 is 6.06. The first-order valence-corrected chi connectivity index (χ1v) is 8.52. The van der Waals surface area contributed by atoms with E-state index in [1.807, 2.05) is 24.3 Å². The zero-order chi connectivity index (χ0) is 18.5. The highest BCUT2D eigenvalue weighted by atomic mass is 35.5. The zero-order valence-electron chi connectivity index (χ0n) is 13.9. The lowest BCUT2D eigenvalue weighted by atomic mass is 9.99. The molecule has 0 spiro atoms. The molecule has 2 aliphatic rings. The average Bonchev–Trinajstić information content (AvgIpc) is 2.66. The van der Waals surface area contributed by atoms with E-state index < -0.39 is 18.7 Å². The number of aliphatic hydroxyl groups excluding tert-OH is 2. The molecule has 136 valence electrons. The van der Waals surface area contributed by atoms with Gasteiger partial charge in [-0.1, -0.05) is 29.8 Å². The molecule has 1 aliphatic heterocycles. The lowest BCUT2D eigenvalue weighted by Gasteiger charge is -2.23. The molecular weight excluding hydrogens is 356 g/mol. The summed E-state index contributed by atoms with van der Waals surface area (Å²) in [4.78, 5) is 12.3. The standard InChI is InChI=1S/C19H19ClN2O4/c20-12-5-6-14-17(7-8-21-18(14)9-12)22-16-4-2-1-3-15(16)19(25)26-11-13(24)10-23/h1-5,7-9,13,21-24H,6,10-11H2/t13-/m0/s1. The summed E-state index contributed by atoms with van der Waals surface area (Å²) in [5.74, 6) is -0.577. The number of nitrogens with one attached hydrogen (secondary N) is 2. The summed E-state index contributed by atoms with van der Waals surface area (Å²) in [6.45, 7) is -0.732. The number of halogens is 1. The van der Waals surface area contributed by atoms with E-state index >= 15 is 0 Å². The normalized spacial score (nSPS) is 16.9. The van der Waals surface area contributed by atoms with E-state index in [-0.39, 0.29) is 6.61 Å². The Bertz CT molecular complexity index is 827. The first kappa shape index (κ1) is 18.3. The van der Waals surface area contributed by atoms with Gasteiger partial charge < -0.3 is 25.6 Å². The predicted octanol–water partition coefficient (Wildman–Crippen LogP) is 2.39. The van der Waals surface area contributed by atoms with Crippen molar-refractivity contribution < 1.29 is 19.7 Å². The van der Waals surface area contributed by atoms with Crippen molar-refractivity contribution in [3.8, 4) is 0 Å². The van der Waals surface area contributed by atoms with Crippen molar-refractivity contribution in [2.45, 2.75) is 12.5 Å². The quantitative estimate of drug-likeness (QED) is 0.572. The Hall–Kier alpha value is -2.54. The molecule has 26 heavy (non-hydrogen) atoms. The van der Waals surface area contributed by atoms with Gasteiger partial charge in [-0.05, 0) is 30.7 Å². The van der Waals surface area contributed by atoms with Crippen molar-refractivity contribution in [1.82, 2.24) is 5.32 Å². The predicted molar refractivity (Wildman–Crippen MR) is 99.4 cm³/mol. The van der Waals surface area contributed by atoms with Crippen molar-refractivity contribution in [3.05, 3.63) is 76.3 Å². The number of carbonyl (C=O) groups excluding carboxylic acids is 1. The molecule has 1 aliphatic carbocycles. The number of carbonyl (C=O) groups is 1. The van der Waals surface area contributed by atoms with Crippen LogP contribution in [0.5, 0.6) is 0 Å².